The molecule has 0 amide bonds. The standard InChI is InChI=1S/C10H9Cl/c1-9-4-6-10(7-5-9)3-2-8-11/h4-7H,8H2,1H3. The zero-order valence-corrected chi connectivity index (χ0v) is 7.15. The lowest BCUT2D eigenvalue weighted by atomic mass is 10.2. The second-order valence-electron chi connectivity index (χ2n) is 2.30. The van der Waals surface area contributed by atoms with Crippen molar-refractivity contribution in [2.24, 2.45) is 0 Å². The molecule has 0 aliphatic heterocycles. The molecule has 0 N–H and O–H groups in total. The minimum absolute atomic E-state index is 0.397. The molecule has 11 heavy (non-hydrogen) atoms. The van der Waals surface area contributed by atoms with Gasteiger partial charge in [-0.25, -0.2) is 0 Å². The normalized spacial score (nSPS) is 8.55. The molecule has 1 rings (SSSR count). The molecule has 1 aromatic rings. The summed E-state index contributed by atoms with van der Waals surface area (Å²) in [5.41, 5.74) is 2.28. The van der Waals surface area contributed by atoms with Crippen LogP contribution in [0.15, 0.2) is 24.3 Å². The van der Waals surface area contributed by atoms with Gasteiger partial charge in [-0.1, -0.05) is 29.5 Å². The third-order valence-corrected chi connectivity index (χ3v) is 1.48. The predicted molar refractivity (Wildman–Crippen MR) is 48.8 cm³/mol. The topological polar surface area (TPSA) is 0 Å². The smallest absolute Gasteiger partial charge is 0.0839 e. The summed E-state index contributed by atoms with van der Waals surface area (Å²) < 4.78 is 0. The first-order valence-electron chi connectivity index (χ1n) is 3.44. The summed E-state index contributed by atoms with van der Waals surface area (Å²) in [6.07, 6.45) is 0. The van der Waals surface area contributed by atoms with Crippen LogP contribution in [0.1, 0.15) is 11.1 Å². The Labute approximate surface area is 72.2 Å². The van der Waals surface area contributed by atoms with Crippen molar-refractivity contribution < 1.29 is 0 Å². The summed E-state index contributed by atoms with van der Waals surface area (Å²) in [4.78, 5) is 0. The molecule has 0 saturated heterocycles. The number of hydrogen-bond donors (Lipinski definition) is 0. The van der Waals surface area contributed by atoms with Crippen LogP contribution in [0.25, 0.3) is 0 Å². The van der Waals surface area contributed by atoms with E-state index in [1.807, 2.05) is 24.3 Å². The second-order valence-corrected chi connectivity index (χ2v) is 2.57. The summed E-state index contributed by atoms with van der Waals surface area (Å²) >= 11 is 5.41. The number of rotatable bonds is 0. The van der Waals surface area contributed by atoms with Gasteiger partial charge in [-0.2, -0.15) is 0 Å². The molecule has 0 atom stereocenters. The van der Waals surface area contributed by atoms with Gasteiger partial charge in [0.25, 0.3) is 0 Å². The van der Waals surface area contributed by atoms with Crippen LogP contribution < -0.4 is 0 Å². The highest BCUT2D eigenvalue weighted by Gasteiger charge is 1.84. The Kier molecular flexibility index (Phi) is 3.01. The first-order chi connectivity index (χ1) is 5.33. The lowest BCUT2D eigenvalue weighted by Gasteiger charge is -1.90. The van der Waals surface area contributed by atoms with Crippen LogP contribution in [0, 0.1) is 18.8 Å². The molecule has 0 aromatic heterocycles. The first kappa shape index (κ1) is 8.17. The van der Waals surface area contributed by atoms with Gasteiger partial charge in [-0.15, -0.1) is 11.6 Å². The third-order valence-electron chi connectivity index (χ3n) is 1.35. The van der Waals surface area contributed by atoms with Gasteiger partial charge in [0, 0.05) is 5.56 Å². The van der Waals surface area contributed by atoms with Gasteiger partial charge in [0.2, 0.25) is 0 Å². The lowest BCUT2D eigenvalue weighted by Crippen LogP contribution is -1.74. The van der Waals surface area contributed by atoms with Crippen molar-refractivity contribution in [3.63, 3.8) is 0 Å². The minimum Gasteiger partial charge on any atom is -0.113 e. The van der Waals surface area contributed by atoms with E-state index >= 15 is 0 Å². The van der Waals surface area contributed by atoms with Crippen LogP contribution in [0.4, 0.5) is 0 Å². The summed E-state index contributed by atoms with van der Waals surface area (Å²) in [6.45, 7) is 2.05. The van der Waals surface area contributed by atoms with Crippen molar-refractivity contribution in [3.05, 3.63) is 35.4 Å². The third kappa shape index (κ3) is 2.65. The molecule has 0 heterocycles. The van der Waals surface area contributed by atoms with Crippen LogP contribution in [0.5, 0.6) is 0 Å². The molecule has 56 valence electrons. The van der Waals surface area contributed by atoms with E-state index in [2.05, 4.69) is 18.8 Å². The van der Waals surface area contributed by atoms with E-state index in [9.17, 15) is 0 Å². The van der Waals surface area contributed by atoms with Gasteiger partial charge in [-0.3, -0.25) is 0 Å². The summed E-state index contributed by atoms with van der Waals surface area (Å²) in [6, 6.07) is 8.07. The molecular formula is C10H9Cl. The quantitative estimate of drug-likeness (QED) is 0.409. The molecule has 0 nitrogen and oxygen atoms in total. The van der Waals surface area contributed by atoms with E-state index < -0.39 is 0 Å². The van der Waals surface area contributed by atoms with Crippen molar-refractivity contribution in [3.8, 4) is 11.8 Å². The molecule has 0 saturated carbocycles. The average molecular weight is 165 g/mol. The van der Waals surface area contributed by atoms with Gasteiger partial charge in [-0.05, 0) is 19.1 Å². The highest BCUT2D eigenvalue weighted by atomic mass is 35.5. The Morgan fingerprint density at radius 2 is 1.91 bits per heavy atom. The Bertz CT molecular complexity index is 274. The van der Waals surface area contributed by atoms with Crippen molar-refractivity contribution in [1.29, 1.82) is 0 Å². The van der Waals surface area contributed by atoms with E-state index in [0.29, 0.717) is 5.88 Å². The second kappa shape index (κ2) is 4.05. The summed E-state index contributed by atoms with van der Waals surface area (Å²) in [7, 11) is 0. The zero-order valence-electron chi connectivity index (χ0n) is 6.39. The molecule has 0 bridgehead atoms. The van der Waals surface area contributed by atoms with Crippen molar-refractivity contribution in [1.82, 2.24) is 0 Å². The Morgan fingerprint density at radius 3 is 2.45 bits per heavy atom. The average Bonchev–Trinajstić information content (AvgIpc) is 2.04. The maximum Gasteiger partial charge on any atom is 0.0839 e. The van der Waals surface area contributed by atoms with E-state index in [1.165, 1.54) is 5.56 Å². The van der Waals surface area contributed by atoms with E-state index in [-0.39, 0.29) is 0 Å². The molecule has 0 aliphatic carbocycles. The Hall–Kier alpha value is -0.930. The van der Waals surface area contributed by atoms with E-state index in [1.54, 1.807) is 0 Å². The minimum atomic E-state index is 0.397. The van der Waals surface area contributed by atoms with Crippen molar-refractivity contribution in [2.45, 2.75) is 6.92 Å². The number of hydrogen-bond acceptors (Lipinski definition) is 0. The van der Waals surface area contributed by atoms with E-state index in [4.69, 9.17) is 11.6 Å². The summed E-state index contributed by atoms with van der Waals surface area (Å²) in [5.74, 6) is 6.14. The van der Waals surface area contributed by atoms with Gasteiger partial charge in [0.05, 0.1) is 5.88 Å². The Balaban J connectivity index is 2.82. The molecular weight excluding hydrogens is 156 g/mol. The zero-order chi connectivity index (χ0) is 8.10. The maximum absolute atomic E-state index is 5.41. The lowest BCUT2D eigenvalue weighted by molar-refractivity contribution is 1.46. The van der Waals surface area contributed by atoms with Gasteiger partial charge < -0.3 is 0 Å². The molecule has 0 aliphatic rings. The van der Waals surface area contributed by atoms with Gasteiger partial charge >= 0.3 is 0 Å². The molecule has 1 heteroatoms. The van der Waals surface area contributed by atoms with Crippen molar-refractivity contribution in [2.75, 3.05) is 5.88 Å². The largest absolute Gasteiger partial charge is 0.113 e. The van der Waals surface area contributed by atoms with Gasteiger partial charge in [0.15, 0.2) is 0 Å². The summed E-state index contributed by atoms with van der Waals surface area (Å²) in [5, 5.41) is 0. The monoisotopic (exact) mass is 164 g/mol. The fourth-order valence-corrected chi connectivity index (χ4v) is 0.839. The Morgan fingerprint density at radius 1 is 1.27 bits per heavy atom. The van der Waals surface area contributed by atoms with Crippen LogP contribution in [0.3, 0.4) is 0 Å². The highest BCUT2D eigenvalue weighted by molar-refractivity contribution is 6.19. The SMILES string of the molecule is Cc1ccc(C#CCCl)cc1. The van der Waals surface area contributed by atoms with Gasteiger partial charge in [0.1, 0.15) is 0 Å². The van der Waals surface area contributed by atoms with Crippen LogP contribution in [-0.2, 0) is 0 Å². The molecule has 0 fully saturated rings. The molecule has 0 spiro atoms. The fraction of sp³-hybridized carbons (Fsp3) is 0.200. The van der Waals surface area contributed by atoms with Crippen LogP contribution >= 0.6 is 11.6 Å². The van der Waals surface area contributed by atoms with Crippen LogP contribution in [0.2, 0.25) is 0 Å². The van der Waals surface area contributed by atoms with Crippen LogP contribution in [-0.4, -0.2) is 5.88 Å². The predicted octanol–water partition coefficient (Wildman–Crippen LogP) is 2.59. The van der Waals surface area contributed by atoms with Crippen molar-refractivity contribution >= 4 is 11.6 Å². The first-order valence-corrected chi connectivity index (χ1v) is 3.98. The van der Waals surface area contributed by atoms with E-state index in [0.717, 1.165) is 5.56 Å². The number of aryl methyl sites for hydroxylation is 1. The molecule has 0 unspecified atom stereocenters. The number of alkyl halides is 1. The maximum atomic E-state index is 5.41. The molecule has 1 aromatic carbocycles. The molecule has 0 radical (unpaired) electrons. The number of benzene rings is 1. The fourth-order valence-electron chi connectivity index (χ4n) is 0.772. The number of halogens is 1. The highest BCUT2D eigenvalue weighted by Crippen LogP contribution is 2.00.